The Morgan fingerprint density at radius 2 is 1.81 bits per heavy atom. The van der Waals surface area contributed by atoms with Gasteiger partial charge in [-0.3, -0.25) is 0 Å². The summed E-state index contributed by atoms with van der Waals surface area (Å²) in [6.07, 6.45) is 10.9. The highest BCUT2D eigenvalue weighted by atomic mass is 16.5. The third kappa shape index (κ3) is 2.76. The van der Waals surface area contributed by atoms with E-state index in [4.69, 9.17) is 4.74 Å². The summed E-state index contributed by atoms with van der Waals surface area (Å²) in [6.45, 7) is 2.32. The van der Waals surface area contributed by atoms with Gasteiger partial charge in [-0.2, -0.15) is 0 Å². The summed E-state index contributed by atoms with van der Waals surface area (Å²) in [4.78, 5) is 0. The van der Waals surface area contributed by atoms with E-state index < -0.39 is 0 Å². The first-order chi connectivity index (χ1) is 10.3. The first kappa shape index (κ1) is 13.8. The molecule has 2 saturated heterocycles. The van der Waals surface area contributed by atoms with Crippen LogP contribution in [-0.4, -0.2) is 24.8 Å². The Kier molecular flexibility index (Phi) is 3.55. The first-order valence-corrected chi connectivity index (χ1v) is 8.70. The largest absolute Gasteiger partial charge is 0.372 e. The molecule has 1 spiro atoms. The van der Waals surface area contributed by atoms with E-state index in [0.717, 1.165) is 13.1 Å². The SMILES string of the molecule is c1ccc(CC2(CC3CCC4(CCCC4)O3)CNC2)cc1. The minimum absolute atomic E-state index is 0.287. The van der Waals surface area contributed by atoms with Gasteiger partial charge in [-0.15, -0.1) is 0 Å². The lowest BCUT2D eigenvalue weighted by Crippen LogP contribution is -2.56. The number of hydrogen-bond acceptors (Lipinski definition) is 2. The Bertz CT molecular complexity index is 474. The maximum Gasteiger partial charge on any atom is 0.0687 e. The van der Waals surface area contributed by atoms with Gasteiger partial charge in [0.1, 0.15) is 0 Å². The molecule has 1 atom stereocenters. The van der Waals surface area contributed by atoms with E-state index in [1.165, 1.54) is 56.9 Å². The second-order valence-corrected chi connectivity index (χ2v) is 7.64. The Morgan fingerprint density at radius 1 is 1.05 bits per heavy atom. The average Bonchev–Trinajstić information content (AvgIpc) is 3.08. The maximum atomic E-state index is 6.55. The van der Waals surface area contributed by atoms with Crippen molar-refractivity contribution < 1.29 is 4.74 Å². The monoisotopic (exact) mass is 285 g/mol. The van der Waals surface area contributed by atoms with Crippen molar-refractivity contribution in [1.29, 1.82) is 0 Å². The van der Waals surface area contributed by atoms with Crippen LogP contribution in [0.4, 0.5) is 0 Å². The van der Waals surface area contributed by atoms with Crippen LogP contribution in [-0.2, 0) is 11.2 Å². The lowest BCUT2D eigenvalue weighted by Gasteiger charge is -2.44. The zero-order valence-electron chi connectivity index (χ0n) is 12.9. The van der Waals surface area contributed by atoms with Gasteiger partial charge in [0.25, 0.3) is 0 Å². The summed E-state index contributed by atoms with van der Waals surface area (Å²) in [6, 6.07) is 11.0. The molecule has 0 amide bonds. The van der Waals surface area contributed by atoms with Crippen LogP contribution in [0, 0.1) is 5.41 Å². The summed E-state index contributed by atoms with van der Waals surface area (Å²) < 4.78 is 6.55. The average molecular weight is 285 g/mol. The third-order valence-corrected chi connectivity index (χ3v) is 5.94. The van der Waals surface area contributed by atoms with Crippen molar-refractivity contribution in [2.24, 2.45) is 5.41 Å². The van der Waals surface area contributed by atoms with Gasteiger partial charge >= 0.3 is 0 Å². The Hall–Kier alpha value is -0.860. The molecule has 2 aliphatic heterocycles. The van der Waals surface area contributed by atoms with Gasteiger partial charge in [0.2, 0.25) is 0 Å². The van der Waals surface area contributed by atoms with Gasteiger partial charge in [-0.1, -0.05) is 43.2 Å². The quantitative estimate of drug-likeness (QED) is 0.911. The van der Waals surface area contributed by atoms with Crippen LogP contribution < -0.4 is 5.32 Å². The second kappa shape index (κ2) is 5.40. The van der Waals surface area contributed by atoms with Crippen LogP contribution in [0.25, 0.3) is 0 Å². The van der Waals surface area contributed by atoms with Crippen molar-refractivity contribution in [2.75, 3.05) is 13.1 Å². The first-order valence-electron chi connectivity index (χ1n) is 8.70. The topological polar surface area (TPSA) is 21.3 Å². The molecule has 1 aromatic carbocycles. The summed E-state index contributed by atoms with van der Waals surface area (Å²) in [5.74, 6) is 0. The maximum absolute atomic E-state index is 6.55. The molecule has 0 radical (unpaired) electrons. The third-order valence-electron chi connectivity index (χ3n) is 5.94. The molecule has 1 unspecified atom stereocenters. The van der Waals surface area contributed by atoms with Crippen molar-refractivity contribution in [3.8, 4) is 0 Å². The highest BCUT2D eigenvalue weighted by Crippen LogP contribution is 2.46. The zero-order valence-corrected chi connectivity index (χ0v) is 12.9. The molecule has 114 valence electrons. The van der Waals surface area contributed by atoms with E-state index in [0.29, 0.717) is 11.5 Å². The second-order valence-electron chi connectivity index (χ2n) is 7.64. The molecular formula is C19H27NO. The zero-order chi connectivity index (χ0) is 14.2. The molecule has 2 heterocycles. The minimum atomic E-state index is 0.287. The van der Waals surface area contributed by atoms with E-state index in [2.05, 4.69) is 35.6 Å². The van der Waals surface area contributed by atoms with Gasteiger partial charge in [0.05, 0.1) is 11.7 Å². The minimum Gasteiger partial charge on any atom is -0.372 e. The van der Waals surface area contributed by atoms with Crippen molar-refractivity contribution in [1.82, 2.24) is 5.32 Å². The molecule has 1 saturated carbocycles. The summed E-state index contributed by atoms with van der Waals surface area (Å²) in [7, 11) is 0. The fraction of sp³-hybridized carbons (Fsp3) is 0.684. The van der Waals surface area contributed by atoms with E-state index in [1.54, 1.807) is 0 Å². The normalized spacial score (nSPS) is 29.6. The molecular weight excluding hydrogens is 258 g/mol. The van der Waals surface area contributed by atoms with Crippen molar-refractivity contribution in [3.05, 3.63) is 35.9 Å². The van der Waals surface area contributed by atoms with Crippen LogP contribution in [0.3, 0.4) is 0 Å². The fourth-order valence-corrected chi connectivity index (χ4v) is 4.76. The fourth-order valence-electron chi connectivity index (χ4n) is 4.76. The standard InChI is InChI=1S/C19H27NO/c1-2-6-16(7-3-1)12-18(14-20-15-18)13-17-8-11-19(21-17)9-4-5-10-19/h1-3,6-7,17,20H,4-5,8-15H2. The van der Waals surface area contributed by atoms with Crippen LogP contribution in [0.1, 0.15) is 50.5 Å². The van der Waals surface area contributed by atoms with Gasteiger partial charge in [0, 0.05) is 18.5 Å². The number of benzene rings is 1. The highest BCUT2D eigenvalue weighted by Gasteiger charge is 2.46. The van der Waals surface area contributed by atoms with Gasteiger partial charge < -0.3 is 10.1 Å². The van der Waals surface area contributed by atoms with Crippen LogP contribution in [0.2, 0.25) is 0 Å². The van der Waals surface area contributed by atoms with Gasteiger partial charge in [-0.25, -0.2) is 0 Å². The molecule has 4 rings (SSSR count). The van der Waals surface area contributed by atoms with E-state index in [9.17, 15) is 0 Å². The Morgan fingerprint density at radius 3 is 2.48 bits per heavy atom. The van der Waals surface area contributed by atoms with Crippen LogP contribution in [0.15, 0.2) is 30.3 Å². The van der Waals surface area contributed by atoms with E-state index in [-0.39, 0.29) is 5.60 Å². The van der Waals surface area contributed by atoms with Crippen LogP contribution in [0.5, 0.6) is 0 Å². The van der Waals surface area contributed by atoms with Gasteiger partial charge in [0.15, 0.2) is 0 Å². The summed E-state index contributed by atoms with van der Waals surface area (Å²) in [5, 5.41) is 3.50. The predicted octanol–water partition coefficient (Wildman–Crippen LogP) is 3.70. The molecule has 2 heteroatoms. The molecule has 1 aromatic rings. The molecule has 0 aromatic heterocycles. The van der Waals surface area contributed by atoms with E-state index in [1.807, 2.05) is 0 Å². The number of ether oxygens (including phenoxy) is 1. The lowest BCUT2D eigenvalue weighted by molar-refractivity contribution is -0.0599. The molecule has 0 bridgehead atoms. The number of rotatable bonds is 4. The molecule has 3 fully saturated rings. The summed E-state index contributed by atoms with van der Waals surface area (Å²) in [5.41, 5.74) is 2.21. The van der Waals surface area contributed by atoms with Crippen molar-refractivity contribution >= 4 is 0 Å². The Labute approximate surface area is 128 Å². The molecule has 1 N–H and O–H groups in total. The van der Waals surface area contributed by atoms with Crippen LogP contribution >= 0.6 is 0 Å². The predicted molar refractivity (Wildman–Crippen MR) is 85.4 cm³/mol. The van der Waals surface area contributed by atoms with Crippen molar-refractivity contribution in [2.45, 2.75) is 63.1 Å². The van der Waals surface area contributed by atoms with E-state index >= 15 is 0 Å². The lowest BCUT2D eigenvalue weighted by atomic mass is 9.72. The molecule has 3 aliphatic rings. The molecule has 21 heavy (non-hydrogen) atoms. The number of nitrogens with one attached hydrogen (secondary N) is 1. The highest BCUT2D eigenvalue weighted by molar-refractivity contribution is 5.18. The van der Waals surface area contributed by atoms with Crippen molar-refractivity contribution in [3.63, 3.8) is 0 Å². The smallest absolute Gasteiger partial charge is 0.0687 e. The summed E-state index contributed by atoms with van der Waals surface area (Å²) >= 11 is 0. The molecule has 2 nitrogen and oxygen atoms in total. The molecule has 1 aliphatic carbocycles. The number of hydrogen-bond donors (Lipinski definition) is 1. The van der Waals surface area contributed by atoms with Gasteiger partial charge in [-0.05, 0) is 44.1 Å². The Balaban J connectivity index is 1.40.